The molecule has 2 N–H and O–H groups in total. The van der Waals surface area contributed by atoms with E-state index in [1.807, 2.05) is 4.90 Å². The SMILES string of the molecule is NC(=O)/C(=C\c1ccc([N+](=O)[O-])cc1)N1CCCCC1. The monoisotopic (exact) mass is 275 g/mol. The first kappa shape index (κ1) is 14.0. The molecule has 0 spiro atoms. The van der Waals surface area contributed by atoms with Gasteiger partial charge in [-0.2, -0.15) is 0 Å². The summed E-state index contributed by atoms with van der Waals surface area (Å²) in [5, 5.41) is 10.6. The third-order valence-corrected chi connectivity index (χ3v) is 3.36. The Morgan fingerprint density at radius 3 is 2.30 bits per heavy atom. The van der Waals surface area contributed by atoms with Crippen molar-refractivity contribution >= 4 is 17.7 Å². The summed E-state index contributed by atoms with van der Waals surface area (Å²) < 4.78 is 0. The first-order chi connectivity index (χ1) is 9.58. The van der Waals surface area contributed by atoms with Crippen molar-refractivity contribution in [2.45, 2.75) is 19.3 Å². The average molecular weight is 275 g/mol. The Kier molecular flexibility index (Phi) is 4.34. The van der Waals surface area contributed by atoms with Crippen LogP contribution in [0.3, 0.4) is 0 Å². The van der Waals surface area contributed by atoms with Crippen molar-refractivity contribution in [3.63, 3.8) is 0 Å². The van der Waals surface area contributed by atoms with Crippen LogP contribution in [0.4, 0.5) is 5.69 Å². The molecule has 0 unspecified atom stereocenters. The molecule has 6 heteroatoms. The number of benzene rings is 1. The predicted octanol–water partition coefficient (Wildman–Crippen LogP) is 1.91. The van der Waals surface area contributed by atoms with E-state index >= 15 is 0 Å². The number of carbonyl (C=O) groups excluding carboxylic acids is 1. The molecule has 0 aliphatic carbocycles. The number of hydrogen-bond donors (Lipinski definition) is 1. The number of nitro groups is 1. The van der Waals surface area contributed by atoms with Crippen LogP contribution in [-0.4, -0.2) is 28.8 Å². The molecule has 0 atom stereocenters. The van der Waals surface area contributed by atoms with Crippen molar-refractivity contribution in [2.75, 3.05) is 13.1 Å². The summed E-state index contributed by atoms with van der Waals surface area (Å²) in [5.74, 6) is -0.467. The van der Waals surface area contributed by atoms with E-state index in [0.29, 0.717) is 5.70 Å². The van der Waals surface area contributed by atoms with Crippen molar-refractivity contribution in [3.05, 3.63) is 45.6 Å². The van der Waals surface area contributed by atoms with Gasteiger partial charge in [0.25, 0.3) is 11.6 Å². The van der Waals surface area contributed by atoms with Crippen LogP contribution in [0.25, 0.3) is 6.08 Å². The smallest absolute Gasteiger partial charge is 0.269 e. The summed E-state index contributed by atoms with van der Waals surface area (Å²) in [6.07, 6.45) is 4.95. The maximum atomic E-state index is 11.6. The van der Waals surface area contributed by atoms with Crippen LogP contribution in [-0.2, 0) is 4.79 Å². The number of nitrogens with zero attached hydrogens (tertiary/aromatic N) is 2. The van der Waals surface area contributed by atoms with Crippen LogP contribution in [0.1, 0.15) is 24.8 Å². The number of carbonyl (C=O) groups is 1. The lowest BCUT2D eigenvalue weighted by atomic mass is 10.1. The molecule has 1 fully saturated rings. The van der Waals surface area contributed by atoms with Crippen molar-refractivity contribution in [3.8, 4) is 0 Å². The maximum absolute atomic E-state index is 11.6. The van der Waals surface area contributed by atoms with Gasteiger partial charge in [0.1, 0.15) is 5.70 Å². The fraction of sp³-hybridized carbons (Fsp3) is 0.357. The fourth-order valence-corrected chi connectivity index (χ4v) is 2.30. The molecule has 20 heavy (non-hydrogen) atoms. The van der Waals surface area contributed by atoms with E-state index < -0.39 is 10.8 Å². The average Bonchev–Trinajstić information content (AvgIpc) is 2.46. The maximum Gasteiger partial charge on any atom is 0.269 e. The minimum atomic E-state index is -0.467. The van der Waals surface area contributed by atoms with Gasteiger partial charge in [0, 0.05) is 25.2 Å². The van der Waals surface area contributed by atoms with E-state index in [0.717, 1.165) is 31.5 Å². The fourth-order valence-electron chi connectivity index (χ4n) is 2.30. The Balaban J connectivity index is 2.23. The molecule has 106 valence electrons. The zero-order valence-electron chi connectivity index (χ0n) is 11.1. The van der Waals surface area contributed by atoms with E-state index in [2.05, 4.69) is 0 Å². The van der Waals surface area contributed by atoms with E-state index in [9.17, 15) is 14.9 Å². The molecule has 1 aliphatic heterocycles. The molecule has 0 aromatic heterocycles. The highest BCUT2D eigenvalue weighted by Crippen LogP contribution is 2.19. The molecule has 1 saturated heterocycles. The number of piperidine rings is 1. The molecule has 6 nitrogen and oxygen atoms in total. The zero-order chi connectivity index (χ0) is 14.5. The first-order valence-corrected chi connectivity index (χ1v) is 6.59. The van der Waals surface area contributed by atoms with Crippen LogP contribution in [0.2, 0.25) is 0 Å². The molecule has 0 bridgehead atoms. The van der Waals surface area contributed by atoms with E-state index in [1.54, 1.807) is 18.2 Å². The molecule has 1 amide bonds. The van der Waals surface area contributed by atoms with Crippen molar-refractivity contribution in [1.29, 1.82) is 0 Å². The Labute approximate surface area is 117 Å². The normalized spacial score (nSPS) is 16.0. The third-order valence-electron chi connectivity index (χ3n) is 3.36. The second kappa shape index (κ2) is 6.18. The number of nitrogens with two attached hydrogens (primary N) is 1. The highest BCUT2D eigenvalue weighted by molar-refractivity contribution is 5.96. The lowest BCUT2D eigenvalue weighted by molar-refractivity contribution is -0.384. The van der Waals surface area contributed by atoms with E-state index in [4.69, 9.17) is 5.73 Å². The molecule has 1 aromatic rings. The summed E-state index contributed by atoms with van der Waals surface area (Å²) >= 11 is 0. The highest BCUT2D eigenvalue weighted by Gasteiger charge is 2.17. The van der Waals surface area contributed by atoms with Gasteiger partial charge in [-0.3, -0.25) is 14.9 Å². The predicted molar refractivity (Wildman–Crippen MR) is 75.7 cm³/mol. The Bertz CT molecular complexity index is 531. The number of amides is 1. The molecule has 0 radical (unpaired) electrons. The minimum absolute atomic E-state index is 0.0285. The summed E-state index contributed by atoms with van der Waals surface area (Å²) in [5.41, 5.74) is 6.67. The topological polar surface area (TPSA) is 89.5 Å². The number of non-ortho nitro benzene ring substituents is 1. The van der Waals surface area contributed by atoms with Crippen LogP contribution in [0.5, 0.6) is 0 Å². The van der Waals surface area contributed by atoms with Gasteiger partial charge in [0.2, 0.25) is 0 Å². The summed E-state index contributed by atoms with van der Waals surface area (Å²) in [6, 6.07) is 6.07. The largest absolute Gasteiger partial charge is 0.367 e. The van der Waals surface area contributed by atoms with E-state index in [-0.39, 0.29) is 5.69 Å². The number of likely N-dealkylation sites (tertiary alicyclic amines) is 1. The van der Waals surface area contributed by atoms with Gasteiger partial charge in [-0.25, -0.2) is 0 Å². The minimum Gasteiger partial charge on any atom is -0.367 e. The molecule has 1 aliphatic rings. The van der Waals surface area contributed by atoms with Gasteiger partial charge in [0.05, 0.1) is 4.92 Å². The van der Waals surface area contributed by atoms with Crippen molar-refractivity contribution in [2.24, 2.45) is 5.73 Å². The third kappa shape index (κ3) is 3.34. The van der Waals surface area contributed by atoms with Crippen LogP contribution >= 0.6 is 0 Å². The number of rotatable bonds is 4. The molecular formula is C14H17N3O3. The number of hydrogen-bond acceptors (Lipinski definition) is 4. The molecule has 0 saturated carbocycles. The van der Waals surface area contributed by atoms with Gasteiger partial charge in [-0.1, -0.05) is 0 Å². The van der Waals surface area contributed by atoms with Crippen LogP contribution in [0.15, 0.2) is 30.0 Å². The van der Waals surface area contributed by atoms with E-state index in [1.165, 1.54) is 18.6 Å². The highest BCUT2D eigenvalue weighted by atomic mass is 16.6. The van der Waals surface area contributed by atoms with Crippen LogP contribution < -0.4 is 5.73 Å². The van der Waals surface area contributed by atoms with Gasteiger partial charge in [-0.15, -0.1) is 0 Å². The quantitative estimate of drug-likeness (QED) is 0.516. The first-order valence-electron chi connectivity index (χ1n) is 6.59. The summed E-state index contributed by atoms with van der Waals surface area (Å²) in [4.78, 5) is 23.7. The molecule has 1 heterocycles. The second-order valence-corrected chi connectivity index (χ2v) is 4.79. The second-order valence-electron chi connectivity index (χ2n) is 4.79. The Morgan fingerprint density at radius 2 is 1.80 bits per heavy atom. The Hall–Kier alpha value is -2.37. The number of primary amides is 1. The standard InChI is InChI=1S/C14H17N3O3/c15-14(18)13(16-8-2-1-3-9-16)10-11-4-6-12(7-5-11)17(19)20/h4-7,10H,1-3,8-9H2,(H2,15,18)/b13-10+. The Morgan fingerprint density at radius 1 is 1.20 bits per heavy atom. The van der Waals surface area contributed by atoms with Crippen LogP contribution in [0, 0.1) is 10.1 Å². The van der Waals surface area contributed by atoms with Gasteiger partial charge in [-0.05, 0) is 43.0 Å². The molecule has 2 rings (SSSR count). The van der Waals surface area contributed by atoms with Gasteiger partial charge >= 0.3 is 0 Å². The summed E-state index contributed by atoms with van der Waals surface area (Å²) in [6.45, 7) is 1.64. The number of nitro benzene ring substituents is 1. The van der Waals surface area contributed by atoms with Crippen molar-refractivity contribution < 1.29 is 9.72 Å². The molecule has 1 aromatic carbocycles. The van der Waals surface area contributed by atoms with Gasteiger partial charge < -0.3 is 10.6 Å². The lowest BCUT2D eigenvalue weighted by Gasteiger charge is -2.29. The molecular weight excluding hydrogens is 258 g/mol. The zero-order valence-corrected chi connectivity index (χ0v) is 11.1. The lowest BCUT2D eigenvalue weighted by Crippen LogP contribution is -2.35. The van der Waals surface area contributed by atoms with Gasteiger partial charge in [0.15, 0.2) is 0 Å². The van der Waals surface area contributed by atoms with Crippen molar-refractivity contribution in [1.82, 2.24) is 4.90 Å². The summed E-state index contributed by atoms with van der Waals surface area (Å²) in [7, 11) is 0.